The highest BCUT2D eigenvalue weighted by molar-refractivity contribution is 5.49. The average molecular weight is 208 g/mol. The summed E-state index contributed by atoms with van der Waals surface area (Å²) in [5.74, 6) is 2.64. The Hall–Kier alpha value is -1.32. The molecule has 4 heteroatoms. The summed E-state index contributed by atoms with van der Waals surface area (Å²) in [7, 11) is 3.93. The summed E-state index contributed by atoms with van der Waals surface area (Å²) >= 11 is 0. The molecule has 1 aromatic rings. The van der Waals surface area contributed by atoms with Crippen LogP contribution in [0.2, 0.25) is 0 Å². The SMILES string of the molecule is CCC(C)N(C)c1cc(NC)nc(C)n1. The van der Waals surface area contributed by atoms with Crippen molar-refractivity contribution in [1.82, 2.24) is 9.97 Å². The van der Waals surface area contributed by atoms with Gasteiger partial charge in [0.15, 0.2) is 0 Å². The van der Waals surface area contributed by atoms with E-state index in [1.807, 2.05) is 20.0 Å². The van der Waals surface area contributed by atoms with Gasteiger partial charge in [-0.25, -0.2) is 9.97 Å². The monoisotopic (exact) mass is 208 g/mol. The molecular formula is C11H20N4. The molecule has 1 atom stereocenters. The Morgan fingerprint density at radius 3 is 2.67 bits per heavy atom. The van der Waals surface area contributed by atoms with Crippen LogP contribution >= 0.6 is 0 Å². The molecule has 0 aliphatic rings. The van der Waals surface area contributed by atoms with Crippen LogP contribution in [0.3, 0.4) is 0 Å². The molecular weight excluding hydrogens is 188 g/mol. The molecule has 0 radical (unpaired) electrons. The third-order valence-electron chi connectivity index (χ3n) is 2.69. The van der Waals surface area contributed by atoms with Crippen LogP contribution < -0.4 is 10.2 Å². The summed E-state index contributed by atoms with van der Waals surface area (Å²) in [6.45, 7) is 6.28. The van der Waals surface area contributed by atoms with Gasteiger partial charge in [-0.2, -0.15) is 0 Å². The van der Waals surface area contributed by atoms with Crippen molar-refractivity contribution < 1.29 is 0 Å². The van der Waals surface area contributed by atoms with Crippen molar-refractivity contribution in [2.24, 2.45) is 0 Å². The van der Waals surface area contributed by atoms with Gasteiger partial charge in [0.05, 0.1) is 0 Å². The summed E-state index contributed by atoms with van der Waals surface area (Å²) in [4.78, 5) is 10.9. The van der Waals surface area contributed by atoms with E-state index in [4.69, 9.17) is 0 Å². The number of anilines is 2. The average Bonchev–Trinajstić information content (AvgIpc) is 2.26. The van der Waals surface area contributed by atoms with Crippen LogP contribution in [0.1, 0.15) is 26.1 Å². The van der Waals surface area contributed by atoms with Crippen LogP contribution in [-0.2, 0) is 0 Å². The van der Waals surface area contributed by atoms with Gasteiger partial charge in [0.2, 0.25) is 0 Å². The van der Waals surface area contributed by atoms with Gasteiger partial charge in [-0.1, -0.05) is 6.92 Å². The summed E-state index contributed by atoms with van der Waals surface area (Å²) in [6, 6.07) is 2.46. The lowest BCUT2D eigenvalue weighted by Crippen LogP contribution is -2.29. The molecule has 4 nitrogen and oxygen atoms in total. The zero-order valence-electron chi connectivity index (χ0n) is 10.2. The first-order valence-corrected chi connectivity index (χ1v) is 5.34. The van der Waals surface area contributed by atoms with E-state index in [9.17, 15) is 0 Å². The molecule has 0 amide bonds. The Balaban J connectivity index is 2.97. The van der Waals surface area contributed by atoms with Crippen LogP contribution in [0.5, 0.6) is 0 Å². The van der Waals surface area contributed by atoms with E-state index in [2.05, 4.69) is 41.1 Å². The number of rotatable bonds is 4. The van der Waals surface area contributed by atoms with Gasteiger partial charge in [0.1, 0.15) is 17.5 Å². The van der Waals surface area contributed by atoms with Gasteiger partial charge < -0.3 is 10.2 Å². The van der Waals surface area contributed by atoms with Crippen molar-refractivity contribution in [3.05, 3.63) is 11.9 Å². The second-order valence-electron chi connectivity index (χ2n) is 3.78. The molecule has 1 rings (SSSR count). The fourth-order valence-corrected chi connectivity index (χ4v) is 1.36. The van der Waals surface area contributed by atoms with E-state index in [1.165, 1.54) is 0 Å². The zero-order chi connectivity index (χ0) is 11.4. The number of hydrogen-bond donors (Lipinski definition) is 1. The minimum Gasteiger partial charge on any atom is -0.373 e. The van der Waals surface area contributed by atoms with Crippen molar-refractivity contribution in [3.8, 4) is 0 Å². The van der Waals surface area contributed by atoms with Crippen LogP contribution in [0, 0.1) is 6.92 Å². The summed E-state index contributed by atoms with van der Waals surface area (Å²) < 4.78 is 0. The smallest absolute Gasteiger partial charge is 0.134 e. The topological polar surface area (TPSA) is 41.0 Å². The highest BCUT2D eigenvalue weighted by Gasteiger charge is 2.10. The van der Waals surface area contributed by atoms with E-state index in [1.54, 1.807) is 0 Å². The highest BCUT2D eigenvalue weighted by Crippen LogP contribution is 2.17. The Kier molecular flexibility index (Phi) is 3.88. The highest BCUT2D eigenvalue weighted by atomic mass is 15.2. The number of nitrogens with zero attached hydrogens (tertiary/aromatic N) is 3. The maximum atomic E-state index is 4.43. The van der Waals surface area contributed by atoms with Crippen molar-refractivity contribution in [2.45, 2.75) is 33.2 Å². The van der Waals surface area contributed by atoms with Crippen LogP contribution in [0.15, 0.2) is 6.07 Å². The van der Waals surface area contributed by atoms with Gasteiger partial charge >= 0.3 is 0 Å². The molecule has 0 saturated heterocycles. The molecule has 0 aromatic carbocycles. The van der Waals surface area contributed by atoms with Gasteiger partial charge in [-0.15, -0.1) is 0 Å². The van der Waals surface area contributed by atoms with E-state index in [-0.39, 0.29) is 0 Å². The van der Waals surface area contributed by atoms with Crippen molar-refractivity contribution in [3.63, 3.8) is 0 Å². The third-order valence-corrected chi connectivity index (χ3v) is 2.69. The van der Waals surface area contributed by atoms with E-state index >= 15 is 0 Å². The lowest BCUT2D eigenvalue weighted by Gasteiger charge is -2.25. The number of hydrogen-bond acceptors (Lipinski definition) is 4. The second kappa shape index (κ2) is 4.96. The van der Waals surface area contributed by atoms with E-state index in [0.717, 1.165) is 23.9 Å². The van der Waals surface area contributed by atoms with Gasteiger partial charge in [-0.3, -0.25) is 0 Å². The summed E-state index contributed by atoms with van der Waals surface area (Å²) in [6.07, 6.45) is 1.11. The largest absolute Gasteiger partial charge is 0.373 e. The van der Waals surface area contributed by atoms with Crippen LogP contribution in [0.4, 0.5) is 11.6 Å². The maximum absolute atomic E-state index is 4.43. The molecule has 0 fully saturated rings. The standard InChI is InChI=1S/C11H20N4/c1-6-8(2)15(5)11-7-10(12-4)13-9(3)14-11/h7-8H,6H2,1-5H3,(H,12,13,14). The third kappa shape index (κ3) is 2.81. The molecule has 0 saturated carbocycles. The van der Waals surface area contributed by atoms with Crippen LogP contribution in [-0.4, -0.2) is 30.1 Å². The Morgan fingerprint density at radius 1 is 1.47 bits per heavy atom. The predicted octanol–water partition coefficient (Wildman–Crippen LogP) is 2.06. The molecule has 0 aliphatic heterocycles. The first kappa shape index (κ1) is 11.8. The molecule has 0 bridgehead atoms. The second-order valence-corrected chi connectivity index (χ2v) is 3.78. The Labute approximate surface area is 91.7 Å². The summed E-state index contributed by atoms with van der Waals surface area (Å²) in [5, 5.41) is 3.04. The Morgan fingerprint density at radius 2 is 2.13 bits per heavy atom. The first-order valence-electron chi connectivity index (χ1n) is 5.34. The molecule has 1 unspecified atom stereocenters. The predicted molar refractivity (Wildman–Crippen MR) is 64.5 cm³/mol. The Bertz CT molecular complexity index is 324. The fraction of sp³-hybridized carbons (Fsp3) is 0.636. The fourth-order valence-electron chi connectivity index (χ4n) is 1.36. The lowest BCUT2D eigenvalue weighted by molar-refractivity contribution is 0.655. The normalized spacial score (nSPS) is 12.3. The number of aromatic nitrogens is 2. The van der Waals surface area contributed by atoms with Crippen molar-refractivity contribution in [2.75, 3.05) is 24.3 Å². The molecule has 0 spiro atoms. The maximum Gasteiger partial charge on any atom is 0.134 e. The number of nitrogens with one attached hydrogen (secondary N) is 1. The molecule has 0 aliphatic carbocycles. The molecule has 15 heavy (non-hydrogen) atoms. The molecule has 1 N–H and O–H groups in total. The summed E-state index contributed by atoms with van der Waals surface area (Å²) in [5.41, 5.74) is 0. The quantitative estimate of drug-likeness (QED) is 0.822. The minimum atomic E-state index is 0.490. The first-order chi connectivity index (χ1) is 7.08. The zero-order valence-corrected chi connectivity index (χ0v) is 10.2. The number of aryl methyl sites for hydroxylation is 1. The van der Waals surface area contributed by atoms with E-state index < -0.39 is 0 Å². The van der Waals surface area contributed by atoms with Crippen molar-refractivity contribution >= 4 is 11.6 Å². The lowest BCUT2D eigenvalue weighted by atomic mass is 10.2. The van der Waals surface area contributed by atoms with Gasteiger partial charge in [0, 0.05) is 26.2 Å². The molecule has 1 heterocycles. The van der Waals surface area contributed by atoms with Crippen LogP contribution in [0.25, 0.3) is 0 Å². The van der Waals surface area contributed by atoms with Crippen molar-refractivity contribution in [1.29, 1.82) is 0 Å². The minimum absolute atomic E-state index is 0.490. The molecule has 1 aromatic heterocycles. The van der Waals surface area contributed by atoms with E-state index in [0.29, 0.717) is 6.04 Å². The van der Waals surface area contributed by atoms with Gasteiger partial charge in [0.25, 0.3) is 0 Å². The molecule has 84 valence electrons. The van der Waals surface area contributed by atoms with Gasteiger partial charge in [-0.05, 0) is 20.3 Å².